The average molecular weight is 228 g/mol. The SMILES string of the molecule is CCCN(C(=O)COC(C)(C)C)C1CNC1. The number of hydrogen-bond donors (Lipinski definition) is 1. The minimum atomic E-state index is -0.245. The number of ether oxygens (including phenoxy) is 1. The minimum absolute atomic E-state index is 0.114. The molecular formula is C12H24N2O2. The quantitative estimate of drug-likeness (QED) is 0.763. The largest absolute Gasteiger partial charge is 0.366 e. The predicted octanol–water partition coefficient (Wildman–Crippen LogP) is 1.01. The van der Waals surface area contributed by atoms with Gasteiger partial charge in [-0.25, -0.2) is 0 Å². The van der Waals surface area contributed by atoms with Crippen LogP contribution in [0.5, 0.6) is 0 Å². The van der Waals surface area contributed by atoms with E-state index in [4.69, 9.17) is 4.74 Å². The van der Waals surface area contributed by atoms with Crippen LogP contribution in [0.15, 0.2) is 0 Å². The van der Waals surface area contributed by atoms with Crippen molar-refractivity contribution in [3.63, 3.8) is 0 Å². The Balaban J connectivity index is 2.41. The summed E-state index contributed by atoms with van der Waals surface area (Å²) in [6.07, 6.45) is 0.998. The van der Waals surface area contributed by atoms with Crippen LogP contribution in [0.25, 0.3) is 0 Å². The van der Waals surface area contributed by atoms with Crippen LogP contribution < -0.4 is 5.32 Å². The maximum Gasteiger partial charge on any atom is 0.248 e. The van der Waals surface area contributed by atoms with Gasteiger partial charge in [-0.15, -0.1) is 0 Å². The van der Waals surface area contributed by atoms with Gasteiger partial charge in [-0.2, -0.15) is 0 Å². The average Bonchev–Trinajstić information content (AvgIpc) is 2.09. The van der Waals surface area contributed by atoms with Gasteiger partial charge in [0, 0.05) is 19.6 Å². The molecule has 0 spiro atoms. The highest BCUT2D eigenvalue weighted by molar-refractivity contribution is 5.78. The van der Waals surface area contributed by atoms with Crippen LogP contribution in [0.2, 0.25) is 0 Å². The van der Waals surface area contributed by atoms with Crippen molar-refractivity contribution in [3.8, 4) is 0 Å². The molecule has 1 aliphatic heterocycles. The molecule has 0 aromatic carbocycles. The summed E-state index contributed by atoms with van der Waals surface area (Å²) in [6.45, 7) is 10.9. The molecule has 0 atom stereocenters. The second-order valence-electron chi connectivity index (χ2n) is 5.30. The first-order valence-electron chi connectivity index (χ1n) is 6.08. The molecule has 4 nitrogen and oxygen atoms in total. The van der Waals surface area contributed by atoms with Gasteiger partial charge in [-0.1, -0.05) is 6.92 Å². The highest BCUT2D eigenvalue weighted by Crippen LogP contribution is 2.10. The molecule has 16 heavy (non-hydrogen) atoms. The molecule has 1 heterocycles. The zero-order chi connectivity index (χ0) is 12.2. The molecule has 1 aliphatic rings. The molecule has 0 aromatic rings. The summed E-state index contributed by atoms with van der Waals surface area (Å²) in [4.78, 5) is 13.9. The van der Waals surface area contributed by atoms with E-state index in [0.29, 0.717) is 6.04 Å². The third-order valence-corrected chi connectivity index (χ3v) is 2.61. The first kappa shape index (κ1) is 13.5. The first-order valence-corrected chi connectivity index (χ1v) is 6.08. The Morgan fingerprint density at radius 3 is 2.44 bits per heavy atom. The third-order valence-electron chi connectivity index (χ3n) is 2.61. The van der Waals surface area contributed by atoms with E-state index < -0.39 is 0 Å². The van der Waals surface area contributed by atoms with E-state index in [1.165, 1.54) is 0 Å². The van der Waals surface area contributed by atoms with E-state index in [1.54, 1.807) is 0 Å². The molecule has 0 aliphatic carbocycles. The van der Waals surface area contributed by atoms with Gasteiger partial charge in [-0.05, 0) is 27.2 Å². The molecule has 4 heteroatoms. The van der Waals surface area contributed by atoms with E-state index in [1.807, 2.05) is 25.7 Å². The minimum Gasteiger partial charge on any atom is -0.366 e. The summed E-state index contributed by atoms with van der Waals surface area (Å²) in [5, 5.41) is 3.19. The van der Waals surface area contributed by atoms with Crippen molar-refractivity contribution >= 4 is 5.91 Å². The van der Waals surface area contributed by atoms with Gasteiger partial charge in [0.1, 0.15) is 6.61 Å². The van der Waals surface area contributed by atoms with Crippen LogP contribution in [0.3, 0.4) is 0 Å². The lowest BCUT2D eigenvalue weighted by atomic mass is 10.1. The van der Waals surface area contributed by atoms with Crippen molar-refractivity contribution in [1.29, 1.82) is 0 Å². The summed E-state index contributed by atoms with van der Waals surface area (Å²) >= 11 is 0. The molecule has 1 amide bonds. The van der Waals surface area contributed by atoms with Crippen molar-refractivity contribution in [2.24, 2.45) is 0 Å². The molecule has 0 unspecified atom stereocenters. The topological polar surface area (TPSA) is 41.6 Å². The predicted molar refractivity (Wildman–Crippen MR) is 64.4 cm³/mol. The van der Waals surface area contributed by atoms with Crippen molar-refractivity contribution in [2.75, 3.05) is 26.2 Å². The van der Waals surface area contributed by atoms with Gasteiger partial charge in [-0.3, -0.25) is 4.79 Å². The normalized spacial score (nSPS) is 17.0. The smallest absolute Gasteiger partial charge is 0.248 e. The molecule has 0 radical (unpaired) electrons. The van der Waals surface area contributed by atoms with Gasteiger partial charge in [0.15, 0.2) is 0 Å². The molecular weight excluding hydrogens is 204 g/mol. The number of rotatable bonds is 5. The number of carbonyl (C=O) groups is 1. The van der Waals surface area contributed by atoms with E-state index in [9.17, 15) is 4.79 Å². The van der Waals surface area contributed by atoms with Crippen molar-refractivity contribution in [1.82, 2.24) is 10.2 Å². The lowest BCUT2D eigenvalue weighted by Gasteiger charge is -2.38. The Bertz CT molecular complexity index is 232. The Morgan fingerprint density at radius 1 is 1.44 bits per heavy atom. The number of hydrogen-bond acceptors (Lipinski definition) is 3. The van der Waals surface area contributed by atoms with E-state index >= 15 is 0 Å². The monoisotopic (exact) mass is 228 g/mol. The van der Waals surface area contributed by atoms with Gasteiger partial charge in [0.25, 0.3) is 0 Å². The van der Waals surface area contributed by atoms with Gasteiger partial charge in [0.2, 0.25) is 5.91 Å². The summed E-state index contributed by atoms with van der Waals surface area (Å²) in [6, 6.07) is 0.371. The highest BCUT2D eigenvalue weighted by Gasteiger charge is 2.28. The number of nitrogens with one attached hydrogen (secondary N) is 1. The molecule has 0 saturated carbocycles. The van der Waals surface area contributed by atoms with Crippen LogP contribution in [0.4, 0.5) is 0 Å². The molecule has 94 valence electrons. The van der Waals surface area contributed by atoms with Gasteiger partial charge < -0.3 is 15.0 Å². The first-order chi connectivity index (χ1) is 7.44. The molecule has 1 fully saturated rings. The fourth-order valence-corrected chi connectivity index (χ4v) is 1.61. The Kier molecular flexibility index (Phi) is 4.74. The van der Waals surface area contributed by atoms with Crippen molar-refractivity contribution in [2.45, 2.75) is 45.8 Å². The Hall–Kier alpha value is -0.610. The maximum absolute atomic E-state index is 12.0. The van der Waals surface area contributed by atoms with Crippen molar-refractivity contribution < 1.29 is 9.53 Å². The molecule has 0 bridgehead atoms. The van der Waals surface area contributed by atoms with Crippen LogP contribution in [-0.4, -0.2) is 48.7 Å². The standard InChI is InChI=1S/C12H24N2O2/c1-5-6-14(10-7-13-8-10)11(15)9-16-12(2,3)4/h10,13H,5-9H2,1-4H3. The fraction of sp³-hybridized carbons (Fsp3) is 0.917. The molecule has 1 rings (SSSR count). The highest BCUT2D eigenvalue weighted by atomic mass is 16.5. The Morgan fingerprint density at radius 2 is 2.06 bits per heavy atom. The van der Waals surface area contributed by atoms with Gasteiger partial charge in [0.05, 0.1) is 11.6 Å². The number of amides is 1. The van der Waals surface area contributed by atoms with Gasteiger partial charge >= 0.3 is 0 Å². The summed E-state index contributed by atoms with van der Waals surface area (Å²) in [5.41, 5.74) is -0.245. The second-order valence-corrected chi connectivity index (χ2v) is 5.30. The van der Waals surface area contributed by atoms with Crippen molar-refractivity contribution in [3.05, 3.63) is 0 Å². The van der Waals surface area contributed by atoms with Crippen LogP contribution >= 0.6 is 0 Å². The van der Waals surface area contributed by atoms with Crippen LogP contribution in [-0.2, 0) is 9.53 Å². The van der Waals surface area contributed by atoms with E-state index in [0.717, 1.165) is 26.1 Å². The second kappa shape index (κ2) is 5.64. The zero-order valence-corrected chi connectivity index (χ0v) is 10.9. The zero-order valence-electron chi connectivity index (χ0n) is 10.9. The number of nitrogens with zero attached hydrogens (tertiary/aromatic N) is 1. The van der Waals surface area contributed by atoms with Crippen LogP contribution in [0, 0.1) is 0 Å². The number of carbonyl (C=O) groups excluding carboxylic acids is 1. The van der Waals surface area contributed by atoms with E-state index in [-0.39, 0.29) is 18.1 Å². The third kappa shape index (κ3) is 4.10. The molecule has 1 N–H and O–H groups in total. The Labute approximate surface area is 98.3 Å². The van der Waals surface area contributed by atoms with E-state index in [2.05, 4.69) is 12.2 Å². The summed E-state index contributed by atoms with van der Waals surface area (Å²) < 4.78 is 5.53. The fourth-order valence-electron chi connectivity index (χ4n) is 1.61. The molecule has 1 saturated heterocycles. The van der Waals surface area contributed by atoms with Crippen LogP contribution in [0.1, 0.15) is 34.1 Å². The maximum atomic E-state index is 12.0. The lowest BCUT2D eigenvalue weighted by molar-refractivity contribution is -0.144. The summed E-state index contributed by atoms with van der Waals surface area (Å²) in [5.74, 6) is 0.114. The molecule has 0 aromatic heterocycles. The lowest BCUT2D eigenvalue weighted by Crippen LogP contribution is -2.59. The summed E-state index contributed by atoms with van der Waals surface area (Å²) in [7, 11) is 0.